The second-order valence-corrected chi connectivity index (χ2v) is 5.44. The Morgan fingerprint density at radius 2 is 1.17 bits per heavy atom. The van der Waals surface area contributed by atoms with E-state index in [-0.39, 0.29) is 5.41 Å². The highest BCUT2D eigenvalue weighted by Gasteiger charge is 2.12. The Morgan fingerprint density at radius 1 is 0.667 bits per heavy atom. The first-order valence-electron chi connectivity index (χ1n) is 6.23. The smallest absolute Gasteiger partial charge is 0.0540 e. The van der Waals surface area contributed by atoms with Crippen LogP contribution in [-0.2, 0) is 5.41 Å². The molecule has 0 aromatic heterocycles. The molecule has 0 aliphatic carbocycles. The van der Waals surface area contributed by atoms with Gasteiger partial charge in [0, 0.05) is 0 Å². The van der Waals surface area contributed by atoms with Crippen molar-refractivity contribution in [3.8, 4) is 0 Å². The summed E-state index contributed by atoms with van der Waals surface area (Å²) in [6, 6.07) is 18.6. The van der Waals surface area contributed by atoms with Crippen LogP contribution >= 0.6 is 0 Å². The zero-order valence-corrected chi connectivity index (χ0v) is 11.2. The number of para-hydroxylation sites is 1. The molecule has 2 nitrogen and oxygen atoms in total. The highest BCUT2D eigenvalue weighted by atomic mass is 15.4. The van der Waals surface area contributed by atoms with Gasteiger partial charge < -0.3 is 10.9 Å². The molecule has 0 amide bonds. The van der Waals surface area contributed by atoms with Gasteiger partial charge in [-0.2, -0.15) is 0 Å². The van der Waals surface area contributed by atoms with Crippen molar-refractivity contribution in [3.63, 3.8) is 0 Å². The predicted octanol–water partition coefficient (Wildman–Crippen LogP) is 4.42. The van der Waals surface area contributed by atoms with Crippen LogP contribution in [0.3, 0.4) is 0 Å². The topological polar surface area (TPSA) is 24.1 Å². The summed E-state index contributed by atoms with van der Waals surface area (Å²) in [6.45, 7) is 6.66. The molecule has 0 saturated heterocycles. The number of anilines is 2. The fourth-order valence-corrected chi connectivity index (χ4v) is 1.72. The van der Waals surface area contributed by atoms with E-state index in [9.17, 15) is 0 Å². The minimum atomic E-state index is 0.200. The molecule has 18 heavy (non-hydrogen) atoms. The summed E-state index contributed by atoms with van der Waals surface area (Å²) in [4.78, 5) is 0. The Hall–Kier alpha value is -1.96. The van der Waals surface area contributed by atoms with Gasteiger partial charge in [-0.15, -0.1) is 0 Å². The lowest BCUT2D eigenvalue weighted by atomic mass is 9.87. The third-order valence-electron chi connectivity index (χ3n) is 2.88. The molecule has 0 heterocycles. The van der Waals surface area contributed by atoms with Crippen molar-refractivity contribution in [2.24, 2.45) is 0 Å². The van der Waals surface area contributed by atoms with Gasteiger partial charge in [-0.1, -0.05) is 51.1 Å². The molecule has 2 aromatic rings. The Balaban J connectivity index is 1.99. The van der Waals surface area contributed by atoms with Crippen molar-refractivity contribution in [1.82, 2.24) is 0 Å². The van der Waals surface area contributed by atoms with Gasteiger partial charge in [0.1, 0.15) is 0 Å². The maximum atomic E-state index is 3.19. The van der Waals surface area contributed by atoms with E-state index in [2.05, 4.69) is 55.9 Å². The van der Waals surface area contributed by atoms with Gasteiger partial charge in [-0.05, 0) is 35.2 Å². The van der Waals surface area contributed by atoms with Crippen LogP contribution in [0.2, 0.25) is 0 Å². The van der Waals surface area contributed by atoms with Gasteiger partial charge in [0.05, 0.1) is 11.4 Å². The molecule has 0 spiro atoms. The second kappa shape index (κ2) is 5.13. The lowest BCUT2D eigenvalue weighted by Crippen LogP contribution is -2.12. The second-order valence-electron chi connectivity index (χ2n) is 5.44. The number of benzene rings is 2. The highest BCUT2D eigenvalue weighted by Crippen LogP contribution is 2.23. The molecule has 0 bridgehead atoms. The van der Waals surface area contributed by atoms with Crippen LogP contribution in [-0.4, -0.2) is 0 Å². The molecule has 2 aromatic carbocycles. The standard InChI is InChI=1S/C16H20N2/c1-16(2,3)13-9-11-15(12-10-13)18-17-14-7-5-4-6-8-14/h4-12,17-18H,1-3H3. The quantitative estimate of drug-likeness (QED) is 0.776. The monoisotopic (exact) mass is 240 g/mol. The number of hydrazine groups is 1. The van der Waals surface area contributed by atoms with Gasteiger partial charge in [-0.3, -0.25) is 0 Å². The fraction of sp³-hybridized carbons (Fsp3) is 0.250. The van der Waals surface area contributed by atoms with E-state index < -0.39 is 0 Å². The largest absolute Gasteiger partial charge is 0.301 e. The molecular weight excluding hydrogens is 220 g/mol. The van der Waals surface area contributed by atoms with Crippen molar-refractivity contribution in [2.75, 3.05) is 10.9 Å². The van der Waals surface area contributed by atoms with Gasteiger partial charge in [0.15, 0.2) is 0 Å². The number of hydrogen-bond donors (Lipinski definition) is 2. The average molecular weight is 240 g/mol. The number of rotatable bonds is 3. The van der Waals surface area contributed by atoms with E-state index >= 15 is 0 Å². The van der Waals surface area contributed by atoms with Crippen LogP contribution in [0.4, 0.5) is 11.4 Å². The molecule has 0 atom stereocenters. The van der Waals surface area contributed by atoms with Crippen molar-refractivity contribution >= 4 is 11.4 Å². The van der Waals surface area contributed by atoms with E-state index in [1.54, 1.807) is 0 Å². The zero-order valence-electron chi connectivity index (χ0n) is 11.2. The Morgan fingerprint density at radius 3 is 1.67 bits per heavy atom. The first kappa shape index (κ1) is 12.5. The summed E-state index contributed by atoms with van der Waals surface area (Å²) in [7, 11) is 0. The fourth-order valence-electron chi connectivity index (χ4n) is 1.72. The molecule has 0 fully saturated rings. The SMILES string of the molecule is CC(C)(C)c1ccc(NNc2ccccc2)cc1. The first-order chi connectivity index (χ1) is 8.55. The van der Waals surface area contributed by atoms with Gasteiger partial charge in [0.2, 0.25) is 0 Å². The molecule has 0 radical (unpaired) electrons. The van der Waals surface area contributed by atoms with Crippen molar-refractivity contribution in [3.05, 3.63) is 60.2 Å². The molecule has 2 rings (SSSR count). The molecular formula is C16H20N2. The molecule has 2 N–H and O–H groups in total. The van der Waals surface area contributed by atoms with E-state index in [0.717, 1.165) is 11.4 Å². The third-order valence-corrected chi connectivity index (χ3v) is 2.88. The van der Waals surface area contributed by atoms with Crippen LogP contribution in [0.15, 0.2) is 54.6 Å². The summed E-state index contributed by atoms with van der Waals surface area (Å²) < 4.78 is 0. The Bertz CT molecular complexity index is 481. The van der Waals surface area contributed by atoms with Crippen LogP contribution in [0.25, 0.3) is 0 Å². The number of nitrogens with one attached hydrogen (secondary N) is 2. The summed E-state index contributed by atoms with van der Waals surface area (Å²) in [6.07, 6.45) is 0. The maximum absolute atomic E-state index is 3.19. The summed E-state index contributed by atoms with van der Waals surface area (Å²) >= 11 is 0. The summed E-state index contributed by atoms with van der Waals surface area (Å²) in [5.74, 6) is 0. The van der Waals surface area contributed by atoms with Crippen molar-refractivity contribution in [2.45, 2.75) is 26.2 Å². The zero-order chi connectivity index (χ0) is 13.0. The van der Waals surface area contributed by atoms with Crippen LogP contribution < -0.4 is 10.9 Å². The highest BCUT2D eigenvalue weighted by molar-refractivity contribution is 5.53. The van der Waals surface area contributed by atoms with E-state index in [0.29, 0.717) is 0 Å². The van der Waals surface area contributed by atoms with Gasteiger partial charge in [0.25, 0.3) is 0 Å². The molecule has 0 aliphatic heterocycles. The van der Waals surface area contributed by atoms with Crippen LogP contribution in [0, 0.1) is 0 Å². The van der Waals surface area contributed by atoms with Crippen molar-refractivity contribution in [1.29, 1.82) is 0 Å². The lowest BCUT2D eigenvalue weighted by molar-refractivity contribution is 0.590. The first-order valence-corrected chi connectivity index (χ1v) is 6.23. The molecule has 0 unspecified atom stereocenters. The third kappa shape index (κ3) is 3.27. The number of hydrogen-bond acceptors (Lipinski definition) is 2. The average Bonchev–Trinajstić information content (AvgIpc) is 2.37. The van der Waals surface area contributed by atoms with E-state index in [1.807, 2.05) is 30.3 Å². The summed E-state index contributed by atoms with van der Waals surface area (Å²) in [5.41, 5.74) is 10.0. The van der Waals surface area contributed by atoms with E-state index in [4.69, 9.17) is 0 Å². The lowest BCUT2D eigenvalue weighted by Gasteiger charge is -2.19. The maximum Gasteiger partial charge on any atom is 0.0540 e. The van der Waals surface area contributed by atoms with E-state index in [1.165, 1.54) is 5.56 Å². The van der Waals surface area contributed by atoms with Crippen molar-refractivity contribution < 1.29 is 0 Å². The summed E-state index contributed by atoms with van der Waals surface area (Å²) in [5, 5.41) is 0. The van der Waals surface area contributed by atoms with Gasteiger partial charge >= 0.3 is 0 Å². The normalized spacial score (nSPS) is 11.1. The Labute approximate surface area is 109 Å². The molecule has 94 valence electrons. The van der Waals surface area contributed by atoms with Gasteiger partial charge in [-0.25, -0.2) is 0 Å². The van der Waals surface area contributed by atoms with Crippen LogP contribution in [0.1, 0.15) is 26.3 Å². The minimum Gasteiger partial charge on any atom is -0.301 e. The minimum absolute atomic E-state index is 0.200. The predicted molar refractivity (Wildman–Crippen MR) is 78.8 cm³/mol. The molecule has 0 saturated carbocycles. The Kier molecular flexibility index (Phi) is 3.56. The molecule has 2 heteroatoms. The molecule has 0 aliphatic rings. The van der Waals surface area contributed by atoms with Crippen LogP contribution in [0.5, 0.6) is 0 Å².